The Morgan fingerprint density at radius 2 is 2.33 bits per heavy atom. The van der Waals surface area contributed by atoms with Gasteiger partial charge in [0.05, 0.1) is 6.10 Å². The average molecular weight is 226 g/mol. The number of halogens is 1. The predicted octanol–water partition coefficient (Wildman–Crippen LogP) is 1.72. The molecule has 0 bridgehead atoms. The third kappa shape index (κ3) is 2.13. The molecule has 0 spiro atoms. The van der Waals surface area contributed by atoms with Crippen molar-refractivity contribution >= 4 is 23.6 Å². The third-order valence-electron chi connectivity index (χ3n) is 2.62. The number of carbonyl (C=O) groups is 1. The third-order valence-corrected chi connectivity index (χ3v) is 2.86. The van der Waals surface area contributed by atoms with Crippen LogP contribution in [0.2, 0.25) is 5.02 Å². The van der Waals surface area contributed by atoms with Gasteiger partial charge in [-0.25, -0.2) is 0 Å². The number of hydrogen-bond acceptors (Lipinski definition) is 3. The van der Waals surface area contributed by atoms with Crippen LogP contribution in [0, 0.1) is 0 Å². The first-order valence-corrected chi connectivity index (χ1v) is 5.26. The second kappa shape index (κ2) is 4.21. The van der Waals surface area contributed by atoms with E-state index < -0.39 is 0 Å². The molecule has 80 valence electrons. The van der Waals surface area contributed by atoms with E-state index in [0.717, 1.165) is 24.9 Å². The zero-order valence-corrected chi connectivity index (χ0v) is 8.94. The standard InChI is InChI=1S/C11H12ClNO2/c12-9-2-1-8(7-14)11(5-9)13-4-3-10(15)6-13/h1-2,5,7,10,15H,3-4,6H2. The van der Waals surface area contributed by atoms with Gasteiger partial charge in [-0.15, -0.1) is 0 Å². The van der Waals surface area contributed by atoms with Crippen LogP contribution in [0.5, 0.6) is 0 Å². The molecular weight excluding hydrogens is 214 g/mol. The number of nitrogens with zero attached hydrogens (tertiary/aromatic N) is 1. The molecule has 1 N–H and O–H groups in total. The van der Waals surface area contributed by atoms with E-state index >= 15 is 0 Å². The van der Waals surface area contributed by atoms with Crippen LogP contribution in [0.1, 0.15) is 16.8 Å². The summed E-state index contributed by atoms with van der Waals surface area (Å²) in [5.41, 5.74) is 1.43. The summed E-state index contributed by atoms with van der Waals surface area (Å²) in [7, 11) is 0. The maximum absolute atomic E-state index is 10.8. The Bertz CT molecular complexity index is 381. The van der Waals surface area contributed by atoms with Crippen LogP contribution < -0.4 is 4.90 Å². The minimum absolute atomic E-state index is 0.302. The van der Waals surface area contributed by atoms with Crippen molar-refractivity contribution in [2.24, 2.45) is 0 Å². The summed E-state index contributed by atoms with van der Waals surface area (Å²) in [6, 6.07) is 5.17. The lowest BCUT2D eigenvalue weighted by Crippen LogP contribution is -2.22. The second-order valence-electron chi connectivity index (χ2n) is 3.71. The van der Waals surface area contributed by atoms with Crippen molar-refractivity contribution in [2.75, 3.05) is 18.0 Å². The Kier molecular flexibility index (Phi) is 2.93. The minimum atomic E-state index is -0.302. The summed E-state index contributed by atoms with van der Waals surface area (Å²) in [5.74, 6) is 0. The van der Waals surface area contributed by atoms with Crippen LogP contribution in [0.3, 0.4) is 0 Å². The molecule has 15 heavy (non-hydrogen) atoms. The lowest BCUT2D eigenvalue weighted by Gasteiger charge is -2.19. The first kappa shape index (κ1) is 10.5. The van der Waals surface area contributed by atoms with Crippen molar-refractivity contribution in [3.05, 3.63) is 28.8 Å². The number of benzene rings is 1. The van der Waals surface area contributed by atoms with Gasteiger partial charge in [0.25, 0.3) is 0 Å². The highest BCUT2D eigenvalue weighted by atomic mass is 35.5. The molecule has 1 unspecified atom stereocenters. The molecule has 3 nitrogen and oxygen atoms in total. The summed E-state index contributed by atoms with van der Waals surface area (Å²) in [6.07, 6.45) is 1.25. The van der Waals surface area contributed by atoms with Crippen molar-refractivity contribution < 1.29 is 9.90 Å². The minimum Gasteiger partial charge on any atom is -0.391 e. The van der Waals surface area contributed by atoms with E-state index in [1.54, 1.807) is 18.2 Å². The highest BCUT2D eigenvalue weighted by molar-refractivity contribution is 6.31. The molecule has 1 aromatic rings. The first-order valence-electron chi connectivity index (χ1n) is 4.88. The smallest absolute Gasteiger partial charge is 0.152 e. The van der Waals surface area contributed by atoms with Gasteiger partial charge < -0.3 is 10.0 Å². The fourth-order valence-corrected chi connectivity index (χ4v) is 2.02. The summed E-state index contributed by atoms with van der Waals surface area (Å²) in [4.78, 5) is 12.8. The molecular formula is C11H12ClNO2. The van der Waals surface area contributed by atoms with E-state index in [1.807, 2.05) is 4.90 Å². The molecule has 0 saturated carbocycles. The topological polar surface area (TPSA) is 40.5 Å². The quantitative estimate of drug-likeness (QED) is 0.780. The number of aldehydes is 1. The number of β-amino-alcohol motifs (C(OH)–C–C–N with tert-alkyl or cyclic N) is 1. The lowest BCUT2D eigenvalue weighted by molar-refractivity contribution is 0.112. The largest absolute Gasteiger partial charge is 0.391 e. The molecule has 1 atom stereocenters. The number of rotatable bonds is 2. The Balaban J connectivity index is 2.33. The Morgan fingerprint density at radius 1 is 1.53 bits per heavy atom. The van der Waals surface area contributed by atoms with Crippen molar-refractivity contribution in [3.63, 3.8) is 0 Å². The van der Waals surface area contributed by atoms with Crippen LogP contribution in [-0.2, 0) is 0 Å². The normalized spacial score (nSPS) is 20.7. The fourth-order valence-electron chi connectivity index (χ4n) is 1.85. The van der Waals surface area contributed by atoms with Gasteiger partial charge in [0.15, 0.2) is 6.29 Å². The molecule has 0 aromatic heterocycles. The number of aliphatic hydroxyl groups excluding tert-OH is 1. The number of aliphatic hydroxyl groups is 1. The van der Waals surface area contributed by atoms with Crippen LogP contribution >= 0.6 is 11.6 Å². The van der Waals surface area contributed by atoms with Crippen molar-refractivity contribution in [3.8, 4) is 0 Å². The van der Waals surface area contributed by atoms with Crippen LogP contribution in [-0.4, -0.2) is 30.6 Å². The Morgan fingerprint density at radius 3 is 2.93 bits per heavy atom. The zero-order valence-electron chi connectivity index (χ0n) is 8.19. The van der Waals surface area contributed by atoms with Crippen molar-refractivity contribution in [1.82, 2.24) is 0 Å². The number of anilines is 1. The van der Waals surface area contributed by atoms with Crippen LogP contribution in [0.25, 0.3) is 0 Å². The van der Waals surface area contributed by atoms with Gasteiger partial charge in [-0.05, 0) is 24.6 Å². The van der Waals surface area contributed by atoms with Gasteiger partial charge in [-0.1, -0.05) is 11.6 Å². The second-order valence-corrected chi connectivity index (χ2v) is 4.15. The lowest BCUT2D eigenvalue weighted by atomic mass is 10.2. The van der Waals surface area contributed by atoms with E-state index in [2.05, 4.69) is 0 Å². The highest BCUT2D eigenvalue weighted by Crippen LogP contribution is 2.26. The molecule has 1 heterocycles. The molecule has 1 fully saturated rings. The molecule has 1 aliphatic heterocycles. The van der Waals surface area contributed by atoms with Gasteiger partial charge in [-0.2, -0.15) is 0 Å². The fraction of sp³-hybridized carbons (Fsp3) is 0.364. The van der Waals surface area contributed by atoms with Crippen LogP contribution in [0.15, 0.2) is 18.2 Å². The SMILES string of the molecule is O=Cc1ccc(Cl)cc1N1CCC(O)C1. The van der Waals surface area contributed by atoms with E-state index in [1.165, 1.54) is 0 Å². The van der Waals surface area contributed by atoms with E-state index in [0.29, 0.717) is 17.1 Å². The summed E-state index contributed by atoms with van der Waals surface area (Å²) in [6.45, 7) is 1.34. The maximum Gasteiger partial charge on any atom is 0.152 e. The monoisotopic (exact) mass is 225 g/mol. The predicted molar refractivity (Wildman–Crippen MR) is 59.7 cm³/mol. The molecule has 1 aromatic carbocycles. The Hall–Kier alpha value is -1.06. The Labute approximate surface area is 93.3 Å². The van der Waals surface area contributed by atoms with Gasteiger partial charge in [0.2, 0.25) is 0 Å². The van der Waals surface area contributed by atoms with Gasteiger partial charge in [-0.3, -0.25) is 4.79 Å². The van der Waals surface area contributed by atoms with Crippen molar-refractivity contribution in [1.29, 1.82) is 0 Å². The summed E-state index contributed by atoms with van der Waals surface area (Å²) in [5, 5.41) is 10.0. The zero-order chi connectivity index (χ0) is 10.8. The first-order chi connectivity index (χ1) is 7.20. The molecule has 0 radical (unpaired) electrons. The van der Waals surface area contributed by atoms with E-state index in [9.17, 15) is 9.90 Å². The molecule has 2 rings (SSSR count). The molecule has 1 saturated heterocycles. The molecule has 0 amide bonds. The molecule has 1 aliphatic rings. The van der Waals surface area contributed by atoms with Crippen LogP contribution in [0.4, 0.5) is 5.69 Å². The number of hydrogen-bond donors (Lipinski definition) is 1. The number of carbonyl (C=O) groups excluding carboxylic acids is 1. The highest BCUT2D eigenvalue weighted by Gasteiger charge is 2.22. The molecule has 0 aliphatic carbocycles. The average Bonchev–Trinajstić information content (AvgIpc) is 2.65. The molecule has 4 heteroatoms. The van der Waals surface area contributed by atoms with Gasteiger partial charge >= 0.3 is 0 Å². The van der Waals surface area contributed by atoms with Gasteiger partial charge in [0.1, 0.15) is 0 Å². The maximum atomic E-state index is 10.8. The summed E-state index contributed by atoms with van der Waals surface area (Å²) >= 11 is 5.88. The van der Waals surface area contributed by atoms with E-state index in [-0.39, 0.29) is 6.10 Å². The van der Waals surface area contributed by atoms with E-state index in [4.69, 9.17) is 11.6 Å². The van der Waals surface area contributed by atoms with Gasteiger partial charge in [0, 0.05) is 29.4 Å². The summed E-state index contributed by atoms with van der Waals surface area (Å²) < 4.78 is 0. The van der Waals surface area contributed by atoms with Crippen molar-refractivity contribution in [2.45, 2.75) is 12.5 Å².